The molecule has 2 N–H and O–H groups in total. The van der Waals surface area contributed by atoms with E-state index in [1.54, 1.807) is 30.4 Å². The molecule has 18 heavy (non-hydrogen) atoms. The summed E-state index contributed by atoms with van der Waals surface area (Å²) >= 11 is 1.56. The quantitative estimate of drug-likeness (QED) is 0.777. The number of nitrogens with two attached hydrogens (primary N) is 1. The summed E-state index contributed by atoms with van der Waals surface area (Å²) in [7, 11) is 1.79. The number of carbonyl (C=O) groups excluding carboxylic acids is 1. The molecule has 0 bridgehead atoms. The molecule has 7 nitrogen and oxygen atoms in total. The monoisotopic (exact) mass is 271 g/mol. The summed E-state index contributed by atoms with van der Waals surface area (Å²) in [5, 5.41) is 12.3. The first kappa shape index (κ1) is 13.3. The average molecular weight is 271 g/mol. The zero-order valence-corrected chi connectivity index (χ0v) is 11.3. The Labute approximate surface area is 109 Å². The van der Waals surface area contributed by atoms with E-state index in [9.17, 15) is 4.79 Å². The van der Waals surface area contributed by atoms with Crippen LogP contribution >= 0.6 is 11.8 Å². The van der Waals surface area contributed by atoms with Crippen molar-refractivity contribution in [3.05, 3.63) is 0 Å². The van der Waals surface area contributed by atoms with Gasteiger partial charge in [0, 0.05) is 12.3 Å². The number of rotatable bonds is 4. The van der Waals surface area contributed by atoms with Crippen LogP contribution in [-0.2, 0) is 16.6 Å². The standard InChI is InChI=1S/C10H17N5O2S/c1-3-17-8(16)10(11)5-4-7(6-10)18-9-12-13-14-15(9)2/h7H,3-6,11H2,1-2H3. The van der Waals surface area contributed by atoms with Crippen LogP contribution in [0.15, 0.2) is 5.16 Å². The predicted octanol–water partition coefficient (Wildman–Crippen LogP) is 0.115. The molecule has 1 heterocycles. The van der Waals surface area contributed by atoms with Crippen LogP contribution in [0.25, 0.3) is 0 Å². The maximum absolute atomic E-state index is 11.8. The van der Waals surface area contributed by atoms with Crippen molar-refractivity contribution in [2.75, 3.05) is 6.61 Å². The molecule has 8 heteroatoms. The van der Waals surface area contributed by atoms with Gasteiger partial charge in [0.1, 0.15) is 5.54 Å². The Morgan fingerprint density at radius 1 is 1.72 bits per heavy atom. The molecule has 0 saturated heterocycles. The zero-order valence-electron chi connectivity index (χ0n) is 10.5. The molecule has 0 aromatic carbocycles. The van der Waals surface area contributed by atoms with Crippen LogP contribution < -0.4 is 5.73 Å². The molecule has 1 aromatic heterocycles. The highest BCUT2D eigenvalue weighted by Crippen LogP contribution is 2.38. The summed E-state index contributed by atoms with van der Waals surface area (Å²) in [6.07, 6.45) is 2.12. The molecule has 0 radical (unpaired) electrons. The highest BCUT2D eigenvalue weighted by molar-refractivity contribution is 7.99. The third kappa shape index (κ3) is 2.64. The fourth-order valence-electron chi connectivity index (χ4n) is 2.06. The van der Waals surface area contributed by atoms with Crippen molar-refractivity contribution in [3.63, 3.8) is 0 Å². The van der Waals surface area contributed by atoms with Crippen LogP contribution in [0.2, 0.25) is 0 Å². The van der Waals surface area contributed by atoms with Crippen molar-refractivity contribution in [2.45, 2.75) is 42.1 Å². The van der Waals surface area contributed by atoms with Crippen molar-refractivity contribution in [1.82, 2.24) is 20.2 Å². The molecule has 0 aliphatic heterocycles. The normalized spacial score (nSPS) is 27.4. The number of aromatic nitrogens is 4. The van der Waals surface area contributed by atoms with E-state index in [0.29, 0.717) is 19.4 Å². The fourth-order valence-corrected chi connectivity index (χ4v) is 3.25. The van der Waals surface area contributed by atoms with Gasteiger partial charge in [-0.3, -0.25) is 4.79 Å². The fraction of sp³-hybridized carbons (Fsp3) is 0.800. The number of tetrazole rings is 1. The van der Waals surface area contributed by atoms with Gasteiger partial charge >= 0.3 is 5.97 Å². The summed E-state index contributed by atoms with van der Waals surface area (Å²) in [4.78, 5) is 11.8. The van der Waals surface area contributed by atoms with E-state index >= 15 is 0 Å². The van der Waals surface area contributed by atoms with Crippen molar-refractivity contribution in [2.24, 2.45) is 12.8 Å². The largest absolute Gasteiger partial charge is 0.465 e. The molecule has 100 valence electrons. The number of ether oxygens (including phenoxy) is 1. The van der Waals surface area contributed by atoms with Crippen LogP contribution in [0.3, 0.4) is 0 Å². The lowest BCUT2D eigenvalue weighted by Gasteiger charge is -2.21. The second kappa shape index (κ2) is 5.23. The molecule has 1 fully saturated rings. The topological polar surface area (TPSA) is 95.9 Å². The third-order valence-electron chi connectivity index (χ3n) is 3.04. The number of aryl methyl sites for hydroxylation is 1. The minimum Gasteiger partial charge on any atom is -0.465 e. The lowest BCUT2D eigenvalue weighted by Crippen LogP contribution is -2.47. The Kier molecular flexibility index (Phi) is 3.86. The average Bonchev–Trinajstić information content (AvgIpc) is 2.89. The molecule has 1 saturated carbocycles. The van der Waals surface area contributed by atoms with Crippen molar-refractivity contribution < 1.29 is 9.53 Å². The Hall–Kier alpha value is -1.15. The molecular weight excluding hydrogens is 254 g/mol. The van der Waals surface area contributed by atoms with Gasteiger partial charge in [0.2, 0.25) is 5.16 Å². The third-order valence-corrected chi connectivity index (χ3v) is 4.33. The molecule has 0 spiro atoms. The lowest BCUT2D eigenvalue weighted by atomic mass is 10.00. The van der Waals surface area contributed by atoms with E-state index in [4.69, 9.17) is 10.5 Å². The van der Waals surface area contributed by atoms with Crippen LogP contribution in [0.4, 0.5) is 0 Å². The van der Waals surface area contributed by atoms with Crippen LogP contribution in [0.5, 0.6) is 0 Å². The van der Waals surface area contributed by atoms with Gasteiger partial charge in [-0.15, -0.1) is 5.10 Å². The SMILES string of the molecule is CCOC(=O)C1(N)CCC(Sc2nnnn2C)C1. The number of nitrogens with zero attached hydrogens (tertiary/aromatic N) is 4. The van der Waals surface area contributed by atoms with E-state index in [2.05, 4.69) is 15.5 Å². The van der Waals surface area contributed by atoms with Gasteiger partial charge in [-0.25, -0.2) is 4.68 Å². The summed E-state index contributed by atoms with van der Waals surface area (Å²) < 4.78 is 6.63. The zero-order chi connectivity index (χ0) is 13.2. The summed E-state index contributed by atoms with van der Waals surface area (Å²) in [6.45, 7) is 2.15. The molecule has 1 aromatic rings. The van der Waals surface area contributed by atoms with E-state index < -0.39 is 5.54 Å². The van der Waals surface area contributed by atoms with Crippen LogP contribution in [0, 0.1) is 0 Å². The number of hydrogen-bond acceptors (Lipinski definition) is 7. The number of thioether (sulfide) groups is 1. The Morgan fingerprint density at radius 3 is 3.11 bits per heavy atom. The highest BCUT2D eigenvalue weighted by Gasteiger charge is 2.43. The second-order valence-corrected chi connectivity index (χ2v) is 5.71. The molecule has 1 aliphatic rings. The summed E-state index contributed by atoms with van der Waals surface area (Å²) in [5.74, 6) is -0.302. The smallest absolute Gasteiger partial charge is 0.326 e. The second-order valence-electron chi connectivity index (χ2n) is 4.44. The molecule has 2 rings (SSSR count). The maximum atomic E-state index is 11.8. The Balaban J connectivity index is 1.96. The Bertz CT molecular complexity index is 438. The highest BCUT2D eigenvalue weighted by atomic mass is 32.2. The maximum Gasteiger partial charge on any atom is 0.326 e. The summed E-state index contributed by atoms with van der Waals surface area (Å²) in [6, 6.07) is 0. The van der Waals surface area contributed by atoms with Gasteiger partial charge in [-0.2, -0.15) is 0 Å². The van der Waals surface area contributed by atoms with Gasteiger partial charge < -0.3 is 10.5 Å². The molecule has 2 atom stereocenters. The first-order valence-corrected chi connectivity index (χ1v) is 6.78. The van der Waals surface area contributed by atoms with Crippen LogP contribution in [-0.4, -0.2) is 43.6 Å². The van der Waals surface area contributed by atoms with Crippen molar-refractivity contribution in [3.8, 4) is 0 Å². The van der Waals surface area contributed by atoms with Gasteiger partial charge in [-0.05, 0) is 36.6 Å². The van der Waals surface area contributed by atoms with Crippen molar-refractivity contribution in [1.29, 1.82) is 0 Å². The van der Waals surface area contributed by atoms with Gasteiger partial charge in [-0.1, -0.05) is 11.8 Å². The van der Waals surface area contributed by atoms with E-state index in [-0.39, 0.29) is 11.2 Å². The van der Waals surface area contributed by atoms with E-state index in [1.807, 2.05) is 0 Å². The number of esters is 1. The van der Waals surface area contributed by atoms with Gasteiger partial charge in [0.25, 0.3) is 0 Å². The van der Waals surface area contributed by atoms with E-state index in [0.717, 1.165) is 11.6 Å². The van der Waals surface area contributed by atoms with Crippen LogP contribution in [0.1, 0.15) is 26.2 Å². The molecule has 2 unspecified atom stereocenters. The molecular formula is C10H17N5O2S. The minimum absolute atomic E-state index is 0.254. The Morgan fingerprint density at radius 2 is 2.50 bits per heavy atom. The van der Waals surface area contributed by atoms with E-state index in [1.165, 1.54) is 0 Å². The minimum atomic E-state index is -0.848. The number of hydrogen-bond donors (Lipinski definition) is 1. The lowest BCUT2D eigenvalue weighted by molar-refractivity contribution is -0.149. The molecule has 0 amide bonds. The first-order chi connectivity index (χ1) is 8.55. The number of carbonyl (C=O) groups is 1. The molecule has 1 aliphatic carbocycles. The van der Waals surface area contributed by atoms with Gasteiger partial charge in [0.05, 0.1) is 6.61 Å². The predicted molar refractivity (Wildman–Crippen MR) is 65.8 cm³/mol. The summed E-state index contributed by atoms with van der Waals surface area (Å²) in [5.41, 5.74) is 5.25. The first-order valence-electron chi connectivity index (χ1n) is 5.90. The van der Waals surface area contributed by atoms with Crippen molar-refractivity contribution >= 4 is 17.7 Å². The van der Waals surface area contributed by atoms with Gasteiger partial charge in [0.15, 0.2) is 0 Å².